The highest BCUT2D eigenvalue weighted by molar-refractivity contribution is 6.11. The van der Waals surface area contributed by atoms with Crippen LogP contribution >= 0.6 is 0 Å². The molecule has 0 radical (unpaired) electrons. The van der Waals surface area contributed by atoms with Crippen molar-refractivity contribution < 1.29 is 4.79 Å². The van der Waals surface area contributed by atoms with E-state index in [2.05, 4.69) is 22.2 Å². The molecule has 0 bridgehead atoms. The number of carbonyl (C=O) groups is 1. The van der Waals surface area contributed by atoms with Gasteiger partial charge in [0.25, 0.3) is 5.91 Å². The molecule has 1 heterocycles. The van der Waals surface area contributed by atoms with Crippen molar-refractivity contribution in [3.8, 4) is 0 Å². The van der Waals surface area contributed by atoms with E-state index in [0.717, 1.165) is 12.1 Å². The van der Waals surface area contributed by atoms with E-state index in [9.17, 15) is 4.79 Å². The Labute approximate surface area is 122 Å². The summed E-state index contributed by atoms with van der Waals surface area (Å²) >= 11 is 0. The topological polar surface area (TPSA) is 54.9 Å². The minimum atomic E-state index is -0.176. The molecule has 4 nitrogen and oxygen atoms in total. The van der Waals surface area contributed by atoms with Crippen molar-refractivity contribution in [2.75, 3.05) is 5.32 Å². The molecule has 0 aliphatic rings. The molecule has 2 aromatic carbocycles. The first-order valence-corrected chi connectivity index (χ1v) is 6.88. The number of nitrogens with one attached hydrogen (secondary N) is 1. The third-order valence-corrected chi connectivity index (χ3v) is 3.36. The second kappa shape index (κ2) is 5.71. The van der Waals surface area contributed by atoms with E-state index in [4.69, 9.17) is 0 Å². The Morgan fingerprint density at radius 3 is 2.57 bits per heavy atom. The molecule has 21 heavy (non-hydrogen) atoms. The molecular weight excluding hydrogens is 262 g/mol. The van der Waals surface area contributed by atoms with Gasteiger partial charge < -0.3 is 5.32 Å². The maximum atomic E-state index is 12.4. The Kier molecular flexibility index (Phi) is 3.60. The van der Waals surface area contributed by atoms with Crippen LogP contribution in [-0.2, 0) is 6.42 Å². The molecule has 0 spiro atoms. The predicted molar refractivity (Wildman–Crippen MR) is 83.3 cm³/mol. The van der Waals surface area contributed by atoms with Gasteiger partial charge in [0.15, 0.2) is 0 Å². The van der Waals surface area contributed by atoms with Crippen molar-refractivity contribution in [3.05, 3.63) is 66.0 Å². The van der Waals surface area contributed by atoms with Gasteiger partial charge in [-0.25, -0.2) is 0 Å². The fourth-order valence-corrected chi connectivity index (χ4v) is 2.20. The Hall–Kier alpha value is -2.75. The van der Waals surface area contributed by atoms with E-state index in [-0.39, 0.29) is 5.91 Å². The van der Waals surface area contributed by atoms with Gasteiger partial charge in [0.1, 0.15) is 5.52 Å². The lowest BCUT2D eigenvalue weighted by Gasteiger charge is -2.07. The van der Waals surface area contributed by atoms with Gasteiger partial charge in [-0.2, -0.15) is 0 Å². The normalized spacial score (nSPS) is 10.5. The van der Waals surface area contributed by atoms with Crippen molar-refractivity contribution in [1.82, 2.24) is 9.97 Å². The number of aromatic nitrogens is 2. The monoisotopic (exact) mass is 277 g/mol. The molecule has 0 aliphatic heterocycles. The molecule has 0 saturated heterocycles. The van der Waals surface area contributed by atoms with E-state index in [1.807, 2.05) is 36.4 Å². The summed E-state index contributed by atoms with van der Waals surface area (Å²) in [6, 6.07) is 13.3. The summed E-state index contributed by atoms with van der Waals surface area (Å²) in [6.07, 6.45) is 4.19. The molecule has 3 rings (SSSR count). The first-order valence-electron chi connectivity index (χ1n) is 6.88. The predicted octanol–water partition coefficient (Wildman–Crippen LogP) is 3.44. The molecule has 0 saturated carbocycles. The number of benzene rings is 2. The largest absolute Gasteiger partial charge is 0.322 e. The van der Waals surface area contributed by atoms with Crippen LogP contribution in [0.4, 0.5) is 5.69 Å². The van der Waals surface area contributed by atoms with Crippen LogP contribution in [0.3, 0.4) is 0 Å². The van der Waals surface area contributed by atoms with Crippen LogP contribution in [0.2, 0.25) is 0 Å². The summed E-state index contributed by atoms with van der Waals surface area (Å²) in [7, 11) is 0. The number of fused-ring (bicyclic) bond motifs is 1. The number of nitrogens with zero attached hydrogens (tertiary/aromatic N) is 2. The molecular formula is C17H15N3O. The molecule has 1 aromatic heterocycles. The molecule has 3 aromatic rings. The number of carbonyl (C=O) groups excluding carboxylic acids is 1. The van der Waals surface area contributed by atoms with Gasteiger partial charge >= 0.3 is 0 Å². The highest BCUT2D eigenvalue weighted by atomic mass is 16.1. The zero-order chi connectivity index (χ0) is 14.7. The first-order chi connectivity index (χ1) is 10.3. The molecule has 0 atom stereocenters. The van der Waals surface area contributed by atoms with Crippen LogP contribution in [0.5, 0.6) is 0 Å². The lowest BCUT2D eigenvalue weighted by molar-refractivity contribution is 0.102. The van der Waals surface area contributed by atoms with Crippen LogP contribution in [-0.4, -0.2) is 15.9 Å². The SMILES string of the molecule is CCc1ccc(NC(=O)c2cccc3nccnc23)cc1. The number of hydrogen-bond donors (Lipinski definition) is 1. The summed E-state index contributed by atoms with van der Waals surface area (Å²) in [4.78, 5) is 20.9. The van der Waals surface area contributed by atoms with Gasteiger partial charge in [-0.3, -0.25) is 14.8 Å². The number of hydrogen-bond acceptors (Lipinski definition) is 3. The van der Waals surface area contributed by atoms with Crippen LogP contribution in [0.25, 0.3) is 11.0 Å². The molecule has 104 valence electrons. The number of amides is 1. The van der Waals surface area contributed by atoms with Crippen molar-refractivity contribution in [2.45, 2.75) is 13.3 Å². The van der Waals surface area contributed by atoms with Gasteiger partial charge in [0.2, 0.25) is 0 Å². The molecule has 0 aliphatic carbocycles. The summed E-state index contributed by atoms with van der Waals surface area (Å²) in [5, 5.41) is 2.89. The van der Waals surface area contributed by atoms with Gasteiger partial charge in [-0.15, -0.1) is 0 Å². The Morgan fingerprint density at radius 2 is 1.81 bits per heavy atom. The fraction of sp³-hybridized carbons (Fsp3) is 0.118. The zero-order valence-electron chi connectivity index (χ0n) is 11.7. The van der Waals surface area contributed by atoms with Crippen LogP contribution in [0.1, 0.15) is 22.8 Å². The standard InChI is InChI=1S/C17H15N3O/c1-2-12-6-8-13(9-7-12)20-17(21)14-4-3-5-15-16(14)19-11-10-18-15/h3-11H,2H2,1H3,(H,20,21). The second-order valence-corrected chi connectivity index (χ2v) is 4.73. The summed E-state index contributed by atoms with van der Waals surface area (Å²) in [6.45, 7) is 2.10. The molecule has 1 N–H and O–H groups in total. The Bertz CT molecular complexity index is 776. The lowest BCUT2D eigenvalue weighted by Crippen LogP contribution is -2.12. The fourth-order valence-electron chi connectivity index (χ4n) is 2.20. The summed E-state index contributed by atoms with van der Waals surface area (Å²) in [5.74, 6) is -0.176. The third-order valence-electron chi connectivity index (χ3n) is 3.36. The lowest BCUT2D eigenvalue weighted by atomic mass is 10.1. The van der Waals surface area contributed by atoms with Crippen LogP contribution in [0.15, 0.2) is 54.9 Å². The average molecular weight is 277 g/mol. The first kappa shape index (κ1) is 13.2. The van der Waals surface area contributed by atoms with Crippen LogP contribution in [0, 0.1) is 0 Å². The zero-order valence-corrected chi connectivity index (χ0v) is 11.7. The summed E-state index contributed by atoms with van der Waals surface area (Å²) < 4.78 is 0. The molecule has 0 unspecified atom stereocenters. The molecule has 4 heteroatoms. The second-order valence-electron chi connectivity index (χ2n) is 4.73. The van der Waals surface area contributed by atoms with Crippen molar-refractivity contribution in [2.24, 2.45) is 0 Å². The van der Waals surface area contributed by atoms with E-state index < -0.39 is 0 Å². The van der Waals surface area contributed by atoms with E-state index in [0.29, 0.717) is 16.6 Å². The number of para-hydroxylation sites is 1. The smallest absolute Gasteiger partial charge is 0.257 e. The van der Waals surface area contributed by atoms with Gasteiger partial charge in [0, 0.05) is 18.1 Å². The van der Waals surface area contributed by atoms with Gasteiger partial charge in [-0.05, 0) is 36.2 Å². The van der Waals surface area contributed by atoms with Crippen molar-refractivity contribution in [3.63, 3.8) is 0 Å². The molecule has 0 fully saturated rings. The van der Waals surface area contributed by atoms with Crippen molar-refractivity contribution >= 4 is 22.6 Å². The Morgan fingerprint density at radius 1 is 1.05 bits per heavy atom. The quantitative estimate of drug-likeness (QED) is 0.797. The summed E-state index contributed by atoms with van der Waals surface area (Å²) in [5.41, 5.74) is 3.87. The van der Waals surface area contributed by atoms with E-state index >= 15 is 0 Å². The Balaban J connectivity index is 1.90. The number of anilines is 1. The number of aryl methyl sites for hydroxylation is 1. The highest BCUT2D eigenvalue weighted by Gasteiger charge is 2.11. The van der Waals surface area contributed by atoms with Gasteiger partial charge in [-0.1, -0.05) is 25.1 Å². The van der Waals surface area contributed by atoms with E-state index in [1.165, 1.54) is 5.56 Å². The maximum absolute atomic E-state index is 12.4. The highest BCUT2D eigenvalue weighted by Crippen LogP contribution is 2.16. The van der Waals surface area contributed by atoms with Crippen LogP contribution < -0.4 is 5.32 Å². The van der Waals surface area contributed by atoms with Gasteiger partial charge in [0.05, 0.1) is 11.1 Å². The molecule has 1 amide bonds. The maximum Gasteiger partial charge on any atom is 0.257 e. The minimum Gasteiger partial charge on any atom is -0.322 e. The number of rotatable bonds is 3. The third kappa shape index (κ3) is 2.74. The average Bonchev–Trinajstić information content (AvgIpc) is 2.55. The van der Waals surface area contributed by atoms with E-state index in [1.54, 1.807) is 18.5 Å². The minimum absolute atomic E-state index is 0.176. The van der Waals surface area contributed by atoms with Crippen molar-refractivity contribution in [1.29, 1.82) is 0 Å².